The van der Waals surface area contributed by atoms with Gasteiger partial charge in [-0.3, -0.25) is 0 Å². The van der Waals surface area contributed by atoms with Gasteiger partial charge in [-0.2, -0.15) is 0 Å². The molecule has 13 heavy (non-hydrogen) atoms. The van der Waals surface area contributed by atoms with Gasteiger partial charge in [0.2, 0.25) is 0 Å². The van der Waals surface area contributed by atoms with Crippen molar-refractivity contribution in [3.8, 4) is 0 Å². The third-order valence-corrected chi connectivity index (χ3v) is 3.49. The lowest BCUT2D eigenvalue weighted by atomic mass is 9.69. The van der Waals surface area contributed by atoms with Gasteiger partial charge in [-0.1, -0.05) is 40.5 Å². The molecule has 1 unspecified atom stereocenters. The van der Waals surface area contributed by atoms with Crippen molar-refractivity contribution in [2.75, 3.05) is 0 Å². The van der Waals surface area contributed by atoms with Crippen LogP contribution in [0.5, 0.6) is 0 Å². The van der Waals surface area contributed by atoms with Crippen LogP contribution >= 0.6 is 0 Å². The molecule has 0 N–H and O–H groups in total. The van der Waals surface area contributed by atoms with Crippen molar-refractivity contribution < 1.29 is 4.79 Å². The molecule has 0 amide bonds. The van der Waals surface area contributed by atoms with Crippen molar-refractivity contribution >= 4 is 6.29 Å². The zero-order valence-corrected chi connectivity index (χ0v) is 9.60. The Balaban J connectivity index is 4.54. The minimum atomic E-state index is -0.0369. The average Bonchev–Trinajstić information content (AvgIpc) is 2.19. The van der Waals surface area contributed by atoms with E-state index in [1.165, 1.54) is 19.1 Å². The first kappa shape index (κ1) is 12.7. The number of hydrogen-bond acceptors (Lipinski definition) is 1. The lowest BCUT2D eigenvalue weighted by Crippen LogP contribution is -2.30. The summed E-state index contributed by atoms with van der Waals surface area (Å²) in [6.45, 7) is 8.67. The summed E-state index contributed by atoms with van der Waals surface area (Å²) in [6, 6.07) is 0. The quantitative estimate of drug-likeness (QED) is 0.550. The molecular formula is C12H24O. The highest BCUT2D eigenvalue weighted by atomic mass is 16.1. The molecule has 0 aliphatic heterocycles. The molecule has 0 saturated carbocycles. The van der Waals surface area contributed by atoms with Crippen LogP contribution in [0.3, 0.4) is 0 Å². The molecule has 0 aromatic heterocycles. The third kappa shape index (κ3) is 2.82. The lowest BCUT2D eigenvalue weighted by Gasteiger charge is -2.34. The molecule has 0 rings (SSSR count). The van der Waals surface area contributed by atoms with E-state index in [1.807, 2.05) is 0 Å². The first-order valence-electron chi connectivity index (χ1n) is 5.67. The van der Waals surface area contributed by atoms with Crippen LogP contribution in [0.4, 0.5) is 0 Å². The van der Waals surface area contributed by atoms with Gasteiger partial charge in [0.25, 0.3) is 0 Å². The van der Waals surface area contributed by atoms with E-state index in [9.17, 15) is 4.79 Å². The smallest absolute Gasteiger partial charge is 0.126 e. The van der Waals surface area contributed by atoms with Gasteiger partial charge in [0.05, 0.1) is 0 Å². The van der Waals surface area contributed by atoms with E-state index >= 15 is 0 Å². The predicted octanol–water partition coefficient (Wildman–Crippen LogP) is 3.82. The standard InChI is InChI=1S/C12H24O/c1-5-9-11(6-2)12(7-3,8-4)10-13/h10-11H,5-9H2,1-4H3. The van der Waals surface area contributed by atoms with Gasteiger partial charge < -0.3 is 4.79 Å². The van der Waals surface area contributed by atoms with Crippen LogP contribution in [0.2, 0.25) is 0 Å². The second-order valence-corrected chi connectivity index (χ2v) is 3.95. The first-order chi connectivity index (χ1) is 6.20. The second-order valence-electron chi connectivity index (χ2n) is 3.95. The molecule has 1 heteroatoms. The molecule has 0 aromatic carbocycles. The Morgan fingerprint density at radius 1 is 1.15 bits per heavy atom. The number of hydrogen-bond donors (Lipinski definition) is 0. The van der Waals surface area contributed by atoms with Gasteiger partial charge in [0, 0.05) is 5.41 Å². The van der Waals surface area contributed by atoms with E-state index in [1.54, 1.807) is 0 Å². The Bertz CT molecular complexity index is 136. The maximum Gasteiger partial charge on any atom is 0.126 e. The summed E-state index contributed by atoms with van der Waals surface area (Å²) in [5.41, 5.74) is -0.0369. The second kappa shape index (κ2) is 6.17. The summed E-state index contributed by atoms with van der Waals surface area (Å²) in [4.78, 5) is 11.2. The number of aldehydes is 1. The minimum Gasteiger partial charge on any atom is -0.303 e. The molecule has 0 heterocycles. The fourth-order valence-electron chi connectivity index (χ4n) is 2.34. The van der Waals surface area contributed by atoms with Crippen molar-refractivity contribution in [3.63, 3.8) is 0 Å². The van der Waals surface area contributed by atoms with E-state index in [0.29, 0.717) is 5.92 Å². The minimum absolute atomic E-state index is 0.0369. The molecule has 1 atom stereocenters. The molecule has 0 radical (unpaired) electrons. The highest BCUT2D eigenvalue weighted by Crippen LogP contribution is 2.37. The van der Waals surface area contributed by atoms with Gasteiger partial charge in [0.15, 0.2) is 0 Å². The molecule has 1 nitrogen and oxygen atoms in total. The van der Waals surface area contributed by atoms with Crippen LogP contribution in [0.1, 0.15) is 59.8 Å². The van der Waals surface area contributed by atoms with Gasteiger partial charge in [-0.25, -0.2) is 0 Å². The average molecular weight is 184 g/mol. The van der Waals surface area contributed by atoms with Gasteiger partial charge >= 0.3 is 0 Å². The zero-order valence-electron chi connectivity index (χ0n) is 9.60. The van der Waals surface area contributed by atoms with E-state index in [4.69, 9.17) is 0 Å². The third-order valence-electron chi connectivity index (χ3n) is 3.49. The largest absolute Gasteiger partial charge is 0.303 e. The van der Waals surface area contributed by atoms with Gasteiger partial charge in [-0.05, 0) is 25.2 Å². The van der Waals surface area contributed by atoms with Crippen molar-refractivity contribution in [2.45, 2.75) is 59.8 Å². The van der Waals surface area contributed by atoms with Crippen LogP contribution in [0, 0.1) is 11.3 Å². The van der Waals surface area contributed by atoms with Crippen molar-refractivity contribution in [2.24, 2.45) is 11.3 Å². The maximum atomic E-state index is 11.2. The topological polar surface area (TPSA) is 17.1 Å². The number of carbonyl (C=O) groups excluding carboxylic acids is 1. The number of carbonyl (C=O) groups is 1. The Labute approximate surface area is 82.9 Å². The van der Waals surface area contributed by atoms with Crippen molar-refractivity contribution in [3.05, 3.63) is 0 Å². The van der Waals surface area contributed by atoms with Crippen LogP contribution in [0.15, 0.2) is 0 Å². The Morgan fingerprint density at radius 3 is 1.92 bits per heavy atom. The fourth-order valence-corrected chi connectivity index (χ4v) is 2.34. The molecule has 0 saturated heterocycles. The highest BCUT2D eigenvalue weighted by molar-refractivity contribution is 5.59. The predicted molar refractivity (Wildman–Crippen MR) is 57.8 cm³/mol. The molecule has 0 aromatic rings. The Kier molecular flexibility index (Phi) is 6.02. The molecule has 78 valence electrons. The Morgan fingerprint density at radius 2 is 1.69 bits per heavy atom. The molecule has 0 spiro atoms. The van der Waals surface area contributed by atoms with Crippen molar-refractivity contribution in [1.29, 1.82) is 0 Å². The fraction of sp³-hybridized carbons (Fsp3) is 0.917. The lowest BCUT2D eigenvalue weighted by molar-refractivity contribution is -0.120. The molecule has 0 bridgehead atoms. The highest BCUT2D eigenvalue weighted by Gasteiger charge is 2.33. The molecule has 0 aliphatic carbocycles. The summed E-state index contributed by atoms with van der Waals surface area (Å²) in [6.07, 6.45) is 6.70. The van der Waals surface area contributed by atoms with Crippen LogP contribution in [-0.4, -0.2) is 6.29 Å². The molecule has 0 fully saturated rings. The van der Waals surface area contributed by atoms with E-state index < -0.39 is 0 Å². The SMILES string of the molecule is CCCC(CC)C(C=O)(CC)CC. The molecular weight excluding hydrogens is 160 g/mol. The van der Waals surface area contributed by atoms with Gasteiger partial charge in [-0.15, -0.1) is 0 Å². The van der Waals surface area contributed by atoms with Crippen LogP contribution < -0.4 is 0 Å². The first-order valence-corrected chi connectivity index (χ1v) is 5.67. The zero-order chi connectivity index (χ0) is 10.3. The Hall–Kier alpha value is -0.330. The van der Waals surface area contributed by atoms with E-state index in [2.05, 4.69) is 27.7 Å². The summed E-state index contributed by atoms with van der Waals surface area (Å²) < 4.78 is 0. The normalized spacial score (nSPS) is 14.2. The monoisotopic (exact) mass is 184 g/mol. The number of rotatable bonds is 7. The van der Waals surface area contributed by atoms with Crippen LogP contribution in [-0.2, 0) is 4.79 Å². The summed E-state index contributed by atoms with van der Waals surface area (Å²) in [5, 5.41) is 0. The summed E-state index contributed by atoms with van der Waals surface area (Å²) >= 11 is 0. The summed E-state index contributed by atoms with van der Waals surface area (Å²) in [7, 11) is 0. The maximum absolute atomic E-state index is 11.2. The van der Waals surface area contributed by atoms with E-state index in [0.717, 1.165) is 19.3 Å². The van der Waals surface area contributed by atoms with Gasteiger partial charge in [0.1, 0.15) is 6.29 Å². The van der Waals surface area contributed by atoms with E-state index in [-0.39, 0.29) is 5.41 Å². The summed E-state index contributed by atoms with van der Waals surface area (Å²) in [5.74, 6) is 0.588. The van der Waals surface area contributed by atoms with Crippen molar-refractivity contribution in [1.82, 2.24) is 0 Å². The molecule has 0 aliphatic rings. The van der Waals surface area contributed by atoms with Crippen LogP contribution in [0.25, 0.3) is 0 Å².